The van der Waals surface area contributed by atoms with Crippen molar-refractivity contribution >= 4 is 5.91 Å². The third-order valence-corrected chi connectivity index (χ3v) is 2.55. The van der Waals surface area contributed by atoms with Crippen molar-refractivity contribution in [2.24, 2.45) is 0 Å². The molecule has 0 aliphatic carbocycles. The molecule has 0 aliphatic rings. The standard InChI is InChI=1S/C11H8F8N2O/c12-8(13)10(16,17)11(18,19)9(14,15)5-21-7(22)6-2-1-3-20-4-6/h1-4,8H,5H2,(H,21,22). The van der Waals surface area contributed by atoms with Gasteiger partial charge in [-0.15, -0.1) is 0 Å². The first-order valence-electron chi connectivity index (χ1n) is 5.53. The Balaban J connectivity index is 2.85. The lowest BCUT2D eigenvalue weighted by Gasteiger charge is -2.32. The van der Waals surface area contributed by atoms with E-state index in [1.807, 2.05) is 0 Å². The van der Waals surface area contributed by atoms with Crippen molar-refractivity contribution in [2.45, 2.75) is 24.2 Å². The number of carbonyl (C=O) groups excluding carboxylic acids is 1. The van der Waals surface area contributed by atoms with Crippen LogP contribution in [0.5, 0.6) is 0 Å². The van der Waals surface area contributed by atoms with Gasteiger partial charge in [-0.2, -0.15) is 26.3 Å². The number of rotatable bonds is 6. The minimum absolute atomic E-state index is 0.303. The summed E-state index contributed by atoms with van der Waals surface area (Å²) in [6, 6.07) is 2.32. The molecule has 1 aromatic rings. The highest BCUT2D eigenvalue weighted by atomic mass is 19.4. The molecule has 0 spiro atoms. The second-order valence-electron chi connectivity index (χ2n) is 4.13. The lowest BCUT2D eigenvalue weighted by Crippen LogP contribution is -2.61. The molecular formula is C11H8F8N2O. The first kappa shape index (κ1) is 18.1. The second kappa shape index (κ2) is 6.05. The monoisotopic (exact) mass is 336 g/mol. The van der Waals surface area contributed by atoms with Gasteiger partial charge in [-0.1, -0.05) is 0 Å². The van der Waals surface area contributed by atoms with E-state index < -0.39 is 36.6 Å². The molecule has 1 N–H and O–H groups in total. The molecule has 22 heavy (non-hydrogen) atoms. The van der Waals surface area contributed by atoms with Crippen molar-refractivity contribution in [1.29, 1.82) is 0 Å². The van der Waals surface area contributed by atoms with E-state index in [1.54, 1.807) is 0 Å². The van der Waals surface area contributed by atoms with Gasteiger partial charge in [0.15, 0.2) is 0 Å². The zero-order valence-electron chi connectivity index (χ0n) is 10.5. The van der Waals surface area contributed by atoms with E-state index in [-0.39, 0.29) is 5.56 Å². The maximum Gasteiger partial charge on any atom is 0.379 e. The number of amides is 1. The molecule has 3 nitrogen and oxygen atoms in total. The normalized spacial score (nSPS) is 13.3. The molecule has 1 amide bonds. The first-order chi connectivity index (χ1) is 9.93. The Bertz CT molecular complexity index is 520. The fourth-order valence-electron chi connectivity index (χ4n) is 1.28. The highest BCUT2D eigenvalue weighted by molar-refractivity contribution is 5.93. The van der Waals surface area contributed by atoms with Gasteiger partial charge < -0.3 is 5.32 Å². The molecule has 0 saturated heterocycles. The van der Waals surface area contributed by atoms with Gasteiger partial charge >= 0.3 is 24.2 Å². The third-order valence-electron chi connectivity index (χ3n) is 2.55. The quantitative estimate of drug-likeness (QED) is 0.812. The molecule has 0 aromatic carbocycles. The van der Waals surface area contributed by atoms with E-state index in [0.717, 1.165) is 12.3 Å². The molecule has 0 radical (unpaired) electrons. The van der Waals surface area contributed by atoms with Crippen molar-refractivity contribution in [3.8, 4) is 0 Å². The molecule has 11 heteroatoms. The predicted molar refractivity (Wildman–Crippen MR) is 57.4 cm³/mol. The summed E-state index contributed by atoms with van der Waals surface area (Å²) in [6.45, 7) is -2.25. The Hall–Kier alpha value is -1.94. The number of halogens is 8. The van der Waals surface area contributed by atoms with Crippen LogP contribution in [0.2, 0.25) is 0 Å². The summed E-state index contributed by atoms with van der Waals surface area (Å²) in [5.74, 6) is -19.5. The van der Waals surface area contributed by atoms with Crippen LogP contribution in [-0.2, 0) is 0 Å². The number of nitrogens with zero attached hydrogens (tertiary/aromatic N) is 1. The number of hydrogen-bond acceptors (Lipinski definition) is 2. The van der Waals surface area contributed by atoms with Gasteiger partial charge in [-0.25, -0.2) is 8.78 Å². The Morgan fingerprint density at radius 1 is 1.18 bits per heavy atom. The minimum atomic E-state index is -6.35. The molecule has 1 aromatic heterocycles. The fraction of sp³-hybridized carbons (Fsp3) is 0.455. The number of nitrogens with one attached hydrogen (secondary N) is 1. The SMILES string of the molecule is O=C(NCC(F)(F)C(F)(F)C(F)(F)C(F)F)c1cccnc1. The molecule has 0 saturated carbocycles. The molecule has 1 heterocycles. The Kier molecular flexibility index (Phi) is 4.98. The minimum Gasteiger partial charge on any atom is -0.346 e. The van der Waals surface area contributed by atoms with Gasteiger partial charge in [-0.3, -0.25) is 9.78 Å². The number of alkyl halides is 8. The van der Waals surface area contributed by atoms with Crippen LogP contribution in [0.4, 0.5) is 35.1 Å². The molecule has 1 rings (SSSR count). The number of aromatic nitrogens is 1. The highest BCUT2D eigenvalue weighted by Gasteiger charge is 2.75. The number of hydrogen-bond donors (Lipinski definition) is 1. The van der Waals surface area contributed by atoms with Crippen LogP contribution in [0.25, 0.3) is 0 Å². The summed E-state index contributed by atoms with van der Waals surface area (Å²) in [5, 5.41) is 1.27. The van der Waals surface area contributed by atoms with E-state index in [1.165, 1.54) is 17.6 Å². The topological polar surface area (TPSA) is 42.0 Å². The van der Waals surface area contributed by atoms with Gasteiger partial charge in [0.05, 0.1) is 12.1 Å². The van der Waals surface area contributed by atoms with Gasteiger partial charge in [0.1, 0.15) is 0 Å². The first-order valence-corrected chi connectivity index (χ1v) is 5.53. The predicted octanol–water partition coefficient (Wildman–Crippen LogP) is 2.98. The lowest BCUT2D eigenvalue weighted by atomic mass is 10.0. The van der Waals surface area contributed by atoms with Crippen LogP contribution >= 0.6 is 0 Å². The van der Waals surface area contributed by atoms with Crippen LogP contribution in [0, 0.1) is 0 Å². The molecule has 0 bridgehead atoms. The van der Waals surface area contributed by atoms with Crippen molar-refractivity contribution in [3.05, 3.63) is 30.1 Å². The zero-order chi connectivity index (χ0) is 17.2. The maximum atomic E-state index is 13.1. The van der Waals surface area contributed by atoms with E-state index in [2.05, 4.69) is 4.98 Å². The van der Waals surface area contributed by atoms with E-state index in [0.29, 0.717) is 0 Å². The summed E-state index contributed by atoms with van der Waals surface area (Å²) in [6.07, 6.45) is -2.87. The smallest absolute Gasteiger partial charge is 0.346 e. The van der Waals surface area contributed by atoms with Gasteiger partial charge in [0, 0.05) is 12.4 Å². The summed E-state index contributed by atoms with van der Waals surface area (Å²) < 4.78 is 101. The fourth-order valence-corrected chi connectivity index (χ4v) is 1.28. The van der Waals surface area contributed by atoms with Gasteiger partial charge in [0.2, 0.25) is 0 Å². The van der Waals surface area contributed by atoms with Gasteiger partial charge in [-0.05, 0) is 12.1 Å². The van der Waals surface area contributed by atoms with Crippen LogP contribution in [0.1, 0.15) is 10.4 Å². The highest BCUT2D eigenvalue weighted by Crippen LogP contribution is 2.48. The van der Waals surface area contributed by atoms with Crippen LogP contribution in [-0.4, -0.2) is 41.6 Å². The number of pyridine rings is 1. The maximum absolute atomic E-state index is 13.1. The summed E-state index contributed by atoms with van der Waals surface area (Å²) >= 11 is 0. The molecule has 124 valence electrons. The summed E-state index contributed by atoms with van der Waals surface area (Å²) in [4.78, 5) is 14.8. The molecule has 0 atom stereocenters. The number of carbonyl (C=O) groups is 1. The Morgan fingerprint density at radius 2 is 1.77 bits per heavy atom. The Morgan fingerprint density at radius 3 is 2.23 bits per heavy atom. The molecule has 0 aliphatic heterocycles. The van der Waals surface area contributed by atoms with Crippen LogP contribution < -0.4 is 5.32 Å². The van der Waals surface area contributed by atoms with E-state index in [4.69, 9.17) is 0 Å². The van der Waals surface area contributed by atoms with Crippen LogP contribution in [0.15, 0.2) is 24.5 Å². The third kappa shape index (κ3) is 3.28. The molecular weight excluding hydrogens is 328 g/mol. The van der Waals surface area contributed by atoms with Crippen molar-refractivity contribution < 1.29 is 39.9 Å². The van der Waals surface area contributed by atoms with Crippen molar-refractivity contribution in [1.82, 2.24) is 10.3 Å². The average Bonchev–Trinajstić information content (AvgIpc) is 2.45. The van der Waals surface area contributed by atoms with Crippen LogP contribution in [0.3, 0.4) is 0 Å². The lowest BCUT2D eigenvalue weighted by molar-refractivity contribution is -0.336. The average molecular weight is 336 g/mol. The summed E-state index contributed by atoms with van der Waals surface area (Å²) in [7, 11) is 0. The van der Waals surface area contributed by atoms with E-state index in [9.17, 15) is 39.9 Å². The summed E-state index contributed by atoms with van der Waals surface area (Å²) in [5.41, 5.74) is -0.303. The van der Waals surface area contributed by atoms with Crippen molar-refractivity contribution in [2.75, 3.05) is 6.54 Å². The molecule has 0 fully saturated rings. The Labute approximate surface area is 118 Å². The second-order valence-corrected chi connectivity index (χ2v) is 4.13. The largest absolute Gasteiger partial charge is 0.379 e. The zero-order valence-corrected chi connectivity index (χ0v) is 10.5. The van der Waals surface area contributed by atoms with Gasteiger partial charge in [0.25, 0.3) is 5.91 Å². The van der Waals surface area contributed by atoms with Crippen molar-refractivity contribution in [3.63, 3.8) is 0 Å². The molecule has 0 unspecified atom stereocenters. The van der Waals surface area contributed by atoms with E-state index >= 15 is 0 Å².